The maximum Gasteiger partial charge on any atom is 0.140 e. The lowest BCUT2D eigenvalue weighted by Gasteiger charge is -2.27. The maximum absolute atomic E-state index is 5.27. The van der Waals surface area contributed by atoms with Gasteiger partial charge in [-0.2, -0.15) is 0 Å². The fourth-order valence-corrected chi connectivity index (χ4v) is 3.72. The third-order valence-corrected chi connectivity index (χ3v) is 4.86. The Morgan fingerprint density at radius 3 is 3.14 bits per heavy atom. The van der Waals surface area contributed by atoms with Gasteiger partial charge in [0, 0.05) is 31.1 Å². The van der Waals surface area contributed by atoms with Crippen molar-refractivity contribution in [1.82, 2.24) is 15.3 Å². The van der Waals surface area contributed by atoms with Gasteiger partial charge in [-0.25, -0.2) is 9.97 Å². The van der Waals surface area contributed by atoms with Crippen LogP contribution in [-0.4, -0.2) is 49.4 Å². The van der Waals surface area contributed by atoms with E-state index in [9.17, 15) is 0 Å². The first-order valence-corrected chi connectivity index (χ1v) is 8.28. The molecule has 0 radical (unpaired) electrons. The zero-order chi connectivity index (χ0) is 14.7. The van der Waals surface area contributed by atoms with Crippen molar-refractivity contribution in [1.29, 1.82) is 0 Å². The lowest BCUT2D eigenvalue weighted by atomic mass is 10.2. The smallest absolute Gasteiger partial charge is 0.140 e. The minimum atomic E-state index is 0.548. The van der Waals surface area contributed by atoms with Crippen molar-refractivity contribution in [2.45, 2.75) is 25.8 Å². The lowest BCUT2D eigenvalue weighted by Crippen LogP contribution is -2.39. The number of fused-ring (bicyclic) bond motifs is 1. The fourth-order valence-electron chi connectivity index (χ4n) is 2.88. The normalized spacial score (nSPS) is 18.5. The van der Waals surface area contributed by atoms with Crippen LogP contribution in [-0.2, 0) is 4.74 Å². The Morgan fingerprint density at radius 1 is 1.48 bits per heavy atom. The standard InChI is InChI=1S/C15H22N4OS/c1-11-8-13-14(17-10-18-15(13)21-11)19(6-7-20-2)9-12-4-3-5-16-12/h8,10,12,16H,3-7,9H2,1-2H3. The SMILES string of the molecule is COCCN(CC1CCCN1)c1ncnc2sc(C)cc12. The number of anilines is 1. The molecule has 1 fully saturated rings. The number of nitrogens with one attached hydrogen (secondary N) is 1. The summed E-state index contributed by atoms with van der Waals surface area (Å²) >= 11 is 1.73. The van der Waals surface area contributed by atoms with Gasteiger partial charge in [0.1, 0.15) is 17.0 Å². The summed E-state index contributed by atoms with van der Waals surface area (Å²) in [6.45, 7) is 5.79. The number of aromatic nitrogens is 2. The maximum atomic E-state index is 5.27. The zero-order valence-corrected chi connectivity index (χ0v) is 13.4. The number of thiophene rings is 1. The molecule has 1 aliphatic rings. The van der Waals surface area contributed by atoms with Gasteiger partial charge in [-0.3, -0.25) is 0 Å². The van der Waals surface area contributed by atoms with Gasteiger partial charge in [0.05, 0.1) is 12.0 Å². The second-order valence-corrected chi connectivity index (χ2v) is 6.74. The van der Waals surface area contributed by atoms with E-state index in [0.29, 0.717) is 12.6 Å². The molecular weight excluding hydrogens is 284 g/mol. The van der Waals surface area contributed by atoms with Crippen molar-refractivity contribution in [3.63, 3.8) is 0 Å². The lowest BCUT2D eigenvalue weighted by molar-refractivity contribution is 0.204. The van der Waals surface area contributed by atoms with Crippen LogP contribution in [0.1, 0.15) is 17.7 Å². The van der Waals surface area contributed by atoms with Crippen LogP contribution in [0.2, 0.25) is 0 Å². The highest BCUT2D eigenvalue weighted by molar-refractivity contribution is 7.18. The summed E-state index contributed by atoms with van der Waals surface area (Å²) in [4.78, 5) is 13.6. The number of methoxy groups -OCH3 is 1. The molecule has 2 aromatic rings. The minimum absolute atomic E-state index is 0.548. The number of aryl methyl sites for hydroxylation is 1. The van der Waals surface area contributed by atoms with Gasteiger partial charge >= 0.3 is 0 Å². The number of hydrogen-bond acceptors (Lipinski definition) is 6. The predicted molar refractivity (Wildman–Crippen MR) is 87.3 cm³/mol. The highest BCUT2D eigenvalue weighted by atomic mass is 32.1. The minimum Gasteiger partial charge on any atom is -0.383 e. The van der Waals surface area contributed by atoms with Crippen molar-refractivity contribution in [2.75, 3.05) is 38.3 Å². The van der Waals surface area contributed by atoms with Gasteiger partial charge in [0.15, 0.2) is 0 Å². The molecule has 2 aromatic heterocycles. The highest BCUT2D eigenvalue weighted by Gasteiger charge is 2.20. The molecule has 1 N–H and O–H groups in total. The number of ether oxygens (including phenoxy) is 1. The first-order valence-electron chi connectivity index (χ1n) is 7.46. The van der Waals surface area contributed by atoms with Crippen molar-refractivity contribution in [3.05, 3.63) is 17.3 Å². The first-order chi connectivity index (χ1) is 10.3. The van der Waals surface area contributed by atoms with Gasteiger partial charge in [-0.1, -0.05) is 0 Å². The molecule has 6 heteroatoms. The molecule has 0 aliphatic carbocycles. The van der Waals surface area contributed by atoms with E-state index in [2.05, 4.69) is 33.2 Å². The van der Waals surface area contributed by atoms with Gasteiger partial charge in [0.25, 0.3) is 0 Å². The van der Waals surface area contributed by atoms with Gasteiger partial charge in [0.2, 0.25) is 0 Å². The van der Waals surface area contributed by atoms with Gasteiger partial charge < -0.3 is 15.0 Å². The summed E-state index contributed by atoms with van der Waals surface area (Å²) in [7, 11) is 1.75. The molecule has 0 amide bonds. The second-order valence-electron chi connectivity index (χ2n) is 5.51. The molecule has 0 spiro atoms. The predicted octanol–water partition coefficient (Wildman–Crippen LogP) is 2.20. The molecule has 5 nitrogen and oxygen atoms in total. The van der Waals surface area contributed by atoms with Crippen LogP contribution in [0, 0.1) is 6.92 Å². The van der Waals surface area contributed by atoms with E-state index in [1.54, 1.807) is 24.8 Å². The van der Waals surface area contributed by atoms with E-state index in [0.717, 1.165) is 35.7 Å². The largest absolute Gasteiger partial charge is 0.383 e. The molecule has 1 unspecified atom stereocenters. The van der Waals surface area contributed by atoms with Crippen molar-refractivity contribution in [2.24, 2.45) is 0 Å². The molecule has 1 aliphatic heterocycles. The summed E-state index contributed by atoms with van der Waals surface area (Å²) in [5.74, 6) is 1.04. The summed E-state index contributed by atoms with van der Waals surface area (Å²) in [6.07, 6.45) is 4.18. The Hall–Kier alpha value is -1.24. The van der Waals surface area contributed by atoms with E-state index in [1.165, 1.54) is 17.7 Å². The molecule has 114 valence electrons. The fraction of sp³-hybridized carbons (Fsp3) is 0.600. The Labute approximate surface area is 129 Å². The van der Waals surface area contributed by atoms with Crippen molar-refractivity contribution < 1.29 is 4.74 Å². The molecule has 1 saturated heterocycles. The Morgan fingerprint density at radius 2 is 2.38 bits per heavy atom. The summed E-state index contributed by atoms with van der Waals surface area (Å²) in [5.41, 5.74) is 0. The van der Waals surface area contributed by atoms with Crippen LogP contribution in [0.25, 0.3) is 10.2 Å². The van der Waals surface area contributed by atoms with Crippen LogP contribution in [0.3, 0.4) is 0 Å². The van der Waals surface area contributed by atoms with E-state index in [-0.39, 0.29) is 0 Å². The van der Waals surface area contributed by atoms with Gasteiger partial charge in [-0.05, 0) is 32.4 Å². The third-order valence-electron chi connectivity index (χ3n) is 3.90. The van der Waals surface area contributed by atoms with Crippen LogP contribution in [0.5, 0.6) is 0 Å². The first kappa shape index (κ1) is 14.7. The van der Waals surface area contributed by atoms with E-state index in [1.807, 2.05) is 0 Å². The number of rotatable bonds is 6. The third kappa shape index (κ3) is 3.33. The molecule has 21 heavy (non-hydrogen) atoms. The van der Waals surface area contributed by atoms with Crippen molar-refractivity contribution in [3.8, 4) is 0 Å². The van der Waals surface area contributed by atoms with E-state index in [4.69, 9.17) is 4.74 Å². The van der Waals surface area contributed by atoms with Crippen LogP contribution in [0.4, 0.5) is 5.82 Å². The molecule has 0 aromatic carbocycles. The van der Waals surface area contributed by atoms with E-state index < -0.39 is 0 Å². The Balaban J connectivity index is 1.88. The topological polar surface area (TPSA) is 50.3 Å². The second kappa shape index (κ2) is 6.68. The van der Waals surface area contributed by atoms with E-state index >= 15 is 0 Å². The molecular formula is C15H22N4OS. The Bertz CT molecular complexity index is 594. The Kier molecular flexibility index (Phi) is 4.67. The molecule has 3 heterocycles. The summed E-state index contributed by atoms with van der Waals surface area (Å²) in [5, 5.41) is 4.72. The average molecular weight is 306 g/mol. The summed E-state index contributed by atoms with van der Waals surface area (Å²) in [6, 6.07) is 2.74. The number of hydrogen-bond donors (Lipinski definition) is 1. The zero-order valence-electron chi connectivity index (χ0n) is 12.6. The highest BCUT2D eigenvalue weighted by Crippen LogP contribution is 2.30. The van der Waals surface area contributed by atoms with Crippen LogP contribution < -0.4 is 10.2 Å². The number of nitrogens with zero attached hydrogens (tertiary/aromatic N) is 3. The molecule has 3 rings (SSSR count). The molecule has 0 saturated carbocycles. The quantitative estimate of drug-likeness (QED) is 0.887. The molecule has 0 bridgehead atoms. The average Bonchev–Trinajstić information content (AvgIpc) is 3.11. The van der Waals surface area contributed by atoms with Crippen LogP contribution in [0.15, 0.2) is 12.4 Å². The summed E-state index contributed by atoms with van der Waals surface area (Å²) < 4.78 is 5.27. The monoisotopic (exact) mass is 306 g/mol. The molecule has 1 atom stereocenters. The van der Waals surface area contributed by atoms with Gasteiger partial charge in [-0.15, -0.1) is 11.3 Å². The van der Waals surface area contributed by atoms with Crippen LogP contribution >= 0.6 is 11.3 Å². The van der Waals surface area contributed by atoms with Crippen molar-refractivity contribution >= 4 is 27.4 Å².